The lowest BCUT2D eigenvalue weighted by Gasteiger charge is -2.28. The molecule has 0 aliphatic rings. The van der Waals surface area contributed by atoms with Gasteiger partial charge in [-0.25, -0.2) is 4.39 Å². The fourth-order valence-corrected chi connectivity index (χ4v) is 4.23. The first-order valence-electron chi connectivity index (χ1n) is 9.84. The fraction of sp³-hybridized carbons (Fsp3) is 0.435. The Balaban J connectivity index is 2.58. The second-order valence-electron chi connectivity index (χ2n) is 8.19. The maximum Gasteiger partial charge on any atom is 0.307 e. The quantitative estimate of drug-likeness (QED) is 0.424. The summed E-state index contributed by atoms with van der Waals surface area (Å²) in [4.78, 5) is 12.2. The predicted molar refractivity (Wildman–Crippen MR) is 121 cm³/mol. The third kappa shape index (κ3) is 5.97. The Kier molecular flexibility index (Phi) is 8.34. The van der Waals surface area contributed by atoms with Crippen molar-refractivity contribution in [2.24, 2.45) is 0 Å². The maximum absolute atomic E-state index is 15.1. The molecular weight excluding hydrogens is 425 g/mol. The van der Waals surface area contributed by atoms with E-state index in [-0.39, 0.29) is 23.6 Å². The molecule has 0 aromatic heterocycles. The largest absolute Gasteiger partial charge is 0.598 e. The van der Waals surface area contributed by atoms with E-state index in [1.165, 1.54) is 0 Å². The second-order valence-corrected chi connectivity index (χ2v) is 10.6. The summed E-state index contributed by atoms with van der Waals surface area (Å²) in [5, 5.41) is -0.0534. The highest BCUT2D eigenvalue weighted by Gasteiger charge is 2.33. The Morgan fingerprint density at radius 1 is 1.27 bits per heavy atom. The molecule has 0 aliphatic carbocycles. The molecule has 0 saturated carbocycles. The van der Waals surface area contributed by atoms with E-state index in [1.54, 1.807) is 39.8 Å². The SMILES string of the molecule is CCOC(=O)C[C@H](N[S+]([O-])C(C)(C)C)c1cc(-c2c(C)cccc2C)cc(Cl)c1F. The summed E-state index contributed by atoms with van der Waals surface area (Å²) >= 11 is 4.72. The summed E-state index contributed by atoms with van der Waals surface area (Å²) < 4.78 is 35.2. The molecular formula is C23H29ClFNO3S. The average Bonchev–Trinajstić information content (AvgIpc) is 2.63. The van der Waals surface area contributed by atoms with Crippen molar-refractivity contribution >= 4 is 28.9 Å². The number of carbonyl (C=O) groups is 1. The molecule has 1 unspecified atom stereocenters. The molecule has 0 fully saturated rings. The lowest BCUT2D eigenvalue weighted by atomic mass is 9.92. The first-order valence-corrected chi connectivity index (χ1v) is 11.4. The van der Waals surface area contributed by atoms with Crippen molar-refractivity contribution < 1.29 is 18.5 Å². The lowest BCUT2D eigenvalue weighted by Crippen LogP contribution is -2.42. The van der Waals surface area contributed by atoms with Gasteiger partial charge in [0.05, 0.1) is 24.1 Å². The minimum absolute atomic E-state index is 0.0534. The van der Waals surface area contributed by atoms with Gasteiger partial charge < -0.3 is 9.29 Å². The van der Waals surface area contributed by atoms with Crippen molar-refractivity contribution in [2.75, 3.05) is 6.61 Å². The molecule has 2 aromatic rings. The Morgan fingerprint density at radius 3 is 2.40 bits per heavy atom. The van der Waals surface area contributed by atoms with Gasteiger partial charge in [-0.2, -0.15) is 0 Å². The number of esters is 1. The third-order valence-electron chi connectivity index (χ3n) is 4.68. The lowest BCUT2D eigenvalue weighted by molar-refractivity contribution is -0.143. The second kappa shape index (κ2) is 10.1. The van der Waals surface area contributed by atoms with E-state index in [9.17, 15) is 9.35 Å². The van der Waals surface area contributed by atoms with Gasteiger partial charge >= 0.3 is 5.97 Å². The normalized spacial score (nSPS) is 13.8. The van der Waals surface area contributed by atoms with Crippen LogP contribution in [0.15, 0.2) is 30.3 Å². The Labute approximate surface area is 186 Å². The minimum atomic E-state index is -1.53. The first-order chi connectivity index (χ1) is 14.0. The molecule has 2 aromatic carbocycles. The van der Waals surface area contributed by atoms with E-state index in [0.717, 1.165) is 22.3 Å². The molecule has 0 saturated heterocycles. The van der Waals surface area contributed by atoms with Crippen molar-refractivity contribution in [2.45, 2.75) is 58.8 Å². The molecule has 0 bridgehead atoms. The molecule has 2 rings (SSSR count). The van der Waals surface area contributed by atoms with Crippen molar-refractivity contribution in [3.8, 4) is 11.1 Å². The van der Waals surface area contributed by atoms with Gasteiger partial charge in [0.2, 0.25) is 0 Å². The molecule has 0 aliphatic heterocycles. The topological polar surface area (TPSA) is 61.4 Å². The van der Waals surface area contributed by atoms with Gasteiger partial charge in [-0.15, -0.1) is 4.72 Å². The number of nitrogens with one attached hydrogen (secondary N) is 1. The van der Waals surface area contributed by atoms with Gasteiger partial charge in [-0.3, -0.25) is 4.79 Å². The van der Waals surface area contributed by atoms with Crippen LogP contribution in [0.2, 0.25) is 5.02 Å². The molecule has 0 spiro atoms. The van der Waals surface area contributed by atoms with Gasteiger partial charge in [0.15, 0.2) is 0 Å². The van der Waals surface area contributed by atoms with Crippen LogP contribution in [0.25, 0.3) is 11.1 Å². The van der Waals surface area contributed by atoms with Crippen LogP contribution >= 0.6 is 11.6 Å². The first kappa shape index (κ1) is 24.7. The molecule has 4 nitrogen and oxygen atoms in total. The number of aryl methyl sites for hydroxylation is 2. The Bertz CT molecular complexity index is 894. The van der Waals surface area contributed by atoms with E-state index in [1.807, 2.05) is 32.0 Å². The van der Waals surface area contributed by atoms with Crippen LogP contribution in [-0.4, -0.2) is 21.9 Å². The van der Waals surface area contributed by atoms with Gasteiger partial charge in [-0.1, -0.05) is 29.8 Å². The number of rotatable bonds is 7. The Morgan fingerprint density at radius 2 is 1.87 bits per heavy atom. The molecule has 2 atom stereocenters. The molecule has 30 heavy (non-hydrogen) atoms. The van der Waals surface area contributed by atoms with Crippen molar-refractivity contribution in [1.82, 2.24) is 4.72 Å². The zero-order valence-corrected chi connectivity index (χ0v) is 19.8. The molecule has 0 amide bonds. The van der Waals surface area contributed by atoms with Gasteiger partial charge in [0.25, 0.3) is 0 Å². The van der Waals surface area contributed by atoms with Crippen molar-refractivity contribution in [3.05, 3.63) is 57.9 Å². The minimum Gasteiger partial charge on any atom is -0.598 e. The number of halogens is 2. The summed E-state index contributed by atoms with van der Waals surface area (Å²) in [6.07, 6.45) is -0.168. The predicted octanol–water partition coefficient (Wildman–Crippen LogP) is 5.81. The van der Waals surface area contributed by atoms with Crippen LogP contribution in [0.1, 0.15) is 56.8 Å². The van der Waals surface area contributed by atoms with Crippen LogP contribution in [0.3, 0.4) is 0 Å². The van der Waals surface area contributed by atoms with Crippen LogP contribution in [-0.2, 0) is 20.9 Å². The number of hydrogen-bond donors (Lipinski definition) is 1. The third-order valence-corrected chi connectivity index (χ3v) is 6.57. The van der Waals surface area contributed by atoms with Crippen molar-refractivity contribution in [3.63, 3.8) is 0 Å². The van der Waals surface area contributed by atoms with E-state index in [4.69, 9.17) is 16.3 Å². The summed E-state index contributed by atoms with van der Waals surface area (Å²) in [6, 6.07) is 8.30. The van der Waals surface area contributed by atoms with Crippen molar-refractivity contribution in [1.29, 1.82) is 0 Å². The number of ether oxygens (including phenoxy) is 1. The summed E-state index contributed by atoms with van der Waals surface area (Å²) in [6.45, 7) is 11.3. The maximum atomic E-state index is 15.1. The van der Waals surface area contributed by atoms with E-state index < -0.39 is 33.9 Å². The summed E-state index contributed by atoms with van der Waals surface area (Å²) in [7, 11) is 0. The molecule has 7 heteroatoms. The fourth-order valence-electron chi connectivity index (χ4n) is 3.19. The molecule has 0 radical (unpaired) electrons. The highest BCUT2D eigenvalue weighted by Crippen LogP contribution is 2.35. The van der Waals surface area contributed by atoms with Crippen LogP contribution in [0.4, 0.5) is 4.39 Å². The number of carbonyl (C=O) groups excluding carboxylic acids is 1. The standard InChI is InChI=1S/C23H29ClFNO3S/c1-7-29-20(27)13-19(26-30(28)23(4,5)6)17-11-16(12-18(24)22(17)25)21-14(2)9-8-10-15(21)3/h8-12,19,26H,7,13H2,1-6H3/t19-,30?/m0/s1. The average molecular weight is 454 g/mol. The zero-order valence-electron chi connectivity index (χ0n) is 18.3. The molecule has 0 heterocycles. The number of hydrogen-bond acceptors (Lipinski definition) is 4. The summed E-state index contributed by atoms with van der Waals surface area (Å²) in [5.41, 5.74) is 3.93. The van der Waals surface area contributed by atoms with Crippen LogP contribution < -0.4 is 4.72 Å². The van der Waals surface area contributed by atoms with Crippen LogP contribution in [0.5, 0.6) is 0 Å². The highest BCUT2D eigenvalue weighted by molar-refractivity contribution is 7.90. The number of benzene rings is 2. The van der Waals surface area contributed by atoms with Crippen LogP contribution in [0, 0.1) is 19.7 Å². The van der Waals surface area contributed by atoms with Gasteiger partial charge in [0.1, 0.15) is 10.6 Å². The highest BCUT2D eigenvalue weighted by atomic mass is 35.5. The zero-order chi connectivity index (χ0) is 22.6. The van der Waals surface area contributed by atoms with E-state index in [2.05, 4.69) is 4.72 Å². The monoisotopic (exact) mass is 453 g/mol. The smallest absolute Gasteiger partial charge is 0.307 e. The van der Waals surface area contributed by atoms with E-state index >= 15 is 4.39 Å². The van der Waals surface area contributed by atoms with E-state index in [0.29, 0.717) is 0 Å². The molecule has 1 N–H and O–H groups in total. The van der Waals surface area contributed by atoms with Gasteiger partial charge in [-0.05, 0) is 75.9 Å². The molecule has 164 valence electrons. The summed E-state index contributed by atoms with van der Waals surface area (Å²) in [5.74, 6) is -1.15. The Hall–Kier alpha value is -1.60. The van der Waals surface area contributed by atoms with Gasteiger partial charge in [0, 0.05) is 16.9 Å².